The van der Waals surface area contributed by atoms with Crippen LogP contribution in [0.25, 0.3) is 20.9 Å². The number of nitrogens with two attached hydrogens (primary N) is 1. The summed E-state index contributed by atoms with van der Waals surface area (Å²) in [5, 5.41) is 2.72. The summed E-state index contributed by atoms with van der Waals surface area (Å²) in [5.41, 5.74) is 10.9. The van der Waals surface area contributed by atoms with E-state index in [0.717, 1.165) is 28.0 Å². The van der Waals surface area contributed by atoms with E-state index in [2.05, 4.69) is 40.6 Å². The monoisotopic (exact) mass is 323 g/mol. The topological polar surface area (TPSA) is 68.0 Å². The Morgan fingerprint density at radius 3 is 2.65 bits per heavy atom. The fourth-order valence-corrected chi connectivity index (χ4v) is 3.39. The maximum Gasteiger partial charge on any atom is 0.207 e. The normalized spacial score (nSPS) is 10.5. The second kappa shape index (κ2) is 6.62. The van der Waals surface area contributed by atoms with Gasteiger partial charge in [0.05, 0.1) is 5.69 Å². The molecule has 0 aliphatic carbocycles. The van der Waals surface area contributed by atoms with E-state index in [4.69, 9.17) is 5.73 Å². The van der Waals surface area contributed by atoms with Crippen LogP contribution in [0, 0.1) is 6.92 Å². The van der Waals surface area contributed by atoms with Crippen molar-refractivity contribution in [3.05, 3.63) is 59.9 Å². The molecular formula is C18H17N3OS. The molecule has 0 unspecified atom stereocenters. The molecule has 4 nitrogen and oxygen atoms in total. The number of hydrogen-bond acceptors (Lipinski definition) is 4. The average Bonchev–Trinajstić information content (AvgIpc) is 3.04. The Labute approximate surface area is 139 Å². The molecule has 0 fully saturated rings. The molecule has 0 bridgehead atoms. The molecule has 2 aromatic heterocycles. The molecule has 2 heterocycles. The van der Waals surface area contributed by atoms with Crippen molar-refractivity contribution in [3.63, 3.8) is 0 Å². The van der Waals surface area contributed by atoms with Gasteiger partial charge in [0.2, 0.25) is 6.41 Å². The molecule has 3 aromatic rings. The smallest absolute Gasteiger partial charge is 0.207 e. The zero-order valence-corrected chi connectivity index (χ0v) is 13.6. The summed E-state index contributed by atoms with van der Waals surface area (Å²) < 4.78 is 0. The van der Waals surface area contributed by atoms with Crippen LogP contribution in [0.4, 0.5) is 5.69 Å². The van der Waals surface area contributed by atoms with Gasteiger partial charge < -0.3 is 11.1 Å². The van der Waals surface area contributed by atoms with Gasteiger partial charge in [0.1, 0.15) is 0 Å². The molecular weight excluding hydrogens is 306 g/mol. The third kappa shape index (κ3) is 3.40. The largest absolute Gasteiger partial charge is 0.397 e. The number of nitrogens with zero attached hydrogens (tertiary/aromatic N) is 1. The number of hydrogen-bond donors (Lipinski definition) is 2. The Bertz CT molecular complexity index is 842. The first-order valence-corrected chi connectivity index (χ1v) is 8.06. The highest BCUT2D eigenvalue weighted by molar-refractivity contribution is 7.18. The summed E-state index contributed by atoms with van der Waals surface area (Å²) in [7, 11) is 0. The molecule has 116 valence electrons. The number of nitrogen functional groups attached to an aromatic ring is 1. The van der Waals surface area contributed by atoms with Gasteiger partial charge in [-0.15, -0.1) is 11.3 Å². The van der Waals surface area contributed by atoms with Crippen molar-refractivity contribution in [3.8, 4) is 20.9 Å². The van der Waals surface area contributed by atoms with Crippen LogP contribution in [-0.2, 0) is 11.3 Å². The molecule has 3 rings (SSSR count). The summed E-state index contributed by atoms with van der Waals surface area (Å²) in [6.45, 7) is 2.59. The van der Waals surface area contributed by atoms with Crippen LogP contribution in [0.1, 0.15) is 11.1 Å². The van der Waals surface area contributed by atoms with E-state index in [0.29, 0.717) is 12.2 Å². The molecule has 0 radical (unpaired) electrons. The number of thiophene rings is 1. The first-order chi connectivity index (χ1) is 11.2. The van der Waals surface area contributed by atoms with E-state index in [1.54, 1.807) is 17.5 Å². The minimum absolute atomic E-state index is 0.542. The van der Waals surface area contributed by atoms with E-state index in [-0.39, 0.29) is 0 Å². The van der Waals surface area contributed by atoms with E-state index in [1.165, 1.54) is 10.4 Å². The van der Waals surface area contributed by atoms with Crippen LogP contribution in [0.15, 0.2) is 48.8 Å². The van der Waals surface area contributed by atoms with Gasteiger partial charge >= 0.3 is 0 Å². The Morgan fingerprint density at radius 2 is 1.91 bits per heavy atom. The molecule has 5 heteroatoms. The van der Waals surface area contributed by atoms with Crippen LogP contribution in [0.2, 0.25) is 0 Å². The number of anilines is 1. The van der Waals surface area contributed by atoms with E-state index in [9.17, 15) is 4.79 Å². The summed E-state index contributed by atoms with van der Waals surface area (Å²) in [6.07, 6.45) is 4.19. The number of aromatic nitrogens is 1. The molecule has 23 heavy (non-hydrogen) atoms. The zero-order chi connectivity index (χ0) is 16.2. The first-order valence-electron chi connectivity index (χ1n) is 7.25. The molecule has 0 spiro atoms. The second-order valence-electron chi connectivity index (χ2n) is 5.31. The molecule has 0 aliphatic rings. The van der Waals surface area contributed by atoms with Crippen molar-refractivity contribution in [2.45, 2.75) is 13.5 Å². The lowest BCUT2D eigenvalue weighted by Gasteiger charge is -2.07. The van der Waals surface area contributed by atoms with Crippen LogP contribution >= 0.6 is 11.3 Å². The molecule has 3 N–H and O–H groups in total. The standard InChI is InChI=1S/C18H17N3OS/c1-12-2-3-13(6-14(12)8-21-11-22)17-4-5-18(23-17)15-7-16(19)10-20-9-15/h2-7,9-11H,8,19H2,1H3,(H,21,22). The Kier molecular flexibility index (Phi) is 4.39. The van der Waals surface area contributed by atoms with Crippen molar-refractivity contribution in [2.75, 3.05) is 5.73 Å². The van der Waals surface area contributed by atoms with Crippen LogP contribution in [0.3, 0.4) is 0 Å². The third-order valence-electron chi connectivity index (χ3n) is 3.66. The van der Waals surface area contributed by atoms with Gasteiger partial charge in [-0.1, -0.05) is 12.1 Å². The number of benzene rings is 1. The van der Waals surface area contributed by atoms with Crippen LogP contribution in [-0.4, -0.2) is 11.4 Å². The van der Waals surface area contributed by atoms with Gasteiger partial charge in [0.25, 0.3) is 0 Å². The maximum atomic E-state index is 10.5. The SMILES string of the molecule is Cc1ccc(-c2ccc(-c3cncc(N)c3)s2)cc1CNC=O. The number of aryl methyl sites for hydroxylation is 1. The van der Waals surface area contributed by atoms with Crippen molar-refractivity contribution < 1.29 is 4.79 Å². The van der Waals surface area contributed by atoms with Gasteiger partial charge in [0.15, 0.2) is 0 Å². The third-order valence-corrected chi connectivity index (χ3v) is 4.84. The van der Waals surface area contributed by atoms with Crippen LogP contribution in [0.5, 0.6) is 0 Å². The number of rotatable bonds is 5. The van der Waals surface area contributed by atoms with Crippen LogP contribution < -0.4 is 11.1 Å². The minimum atomic E-state index is 0.542. The molecule has 0 aliphatic heterocycles. The number of pyridine rings is 1. The fraction of sp³-hybridized carbons (Fsp3) is 0.111. The summed E-state index contributed by atoms with van der Waals surface area (Å²) >= 11 is 1.70. The Morgan fingerprint density at radius 1 is 1.13 bits per heavy atom. The summed E-state index contributed by atoms with van der Waals surface area (Å²) in [6, 6.07) is 12.4. The highest BCUT2D eigenvalue weighted by Gasteiger charge is 2.08. The van der Waals surface area contributed by atoms with Crippen molar-refractivity contribution >= 4 is 23.4 Å². The van der Waals surface area contributed by atoms with Gasteiger partial charge in [-0.3, -0.25) is 9.78 Å². The molecule has 0 saturated carbocycles. The minimum Gasteiger partial charge on any atom is -0.397 e. The fourth-order valence-electron chi connectivity index (χ4n) is 2.41. The Hall–Kier alpha value is -2.66. The lowest BCUT2D eigenvalue weighted by atomic mass is 10.0. The highest BCUT2D eigenvalue weighted by atomic mass is 32.1. The van der Waals surface area contributed by atoms with E-state index >= 15 is 0 Å². The average molecular weight is 323 g/mol. The number of nitrogens with one attached hydrogen (secondary N) is 1. The maximum absolute atomic E-state index is 10.5. The molecule has 0 atom stereocenters. The molecule has 0 saturated heterocycles. The number of carbonyl (C=O) groups excluding carboxylic acids is 1. The van der Waals surface area contributed by atoms with Crippen molar-refractivity contribution in [2.24, 2.45) is 0 Å². The lowest BCUT2D eigenvalue weighted by molar-refractivity contribution is -0.109. The summed E-state index contributed by atoms with van der Waals surface area (Å²) in [4.78, 5) is 17.0. The predicted molar refractivity (Wildman–Crippen MR) is 95.0 cm³/mol. The van der Waals surface area contributed by atoms with Crippen molar-refractivity contribution in [1.29, 1.82) is 0 Å². The zero-order valence-electron chi connectivity index (χ0n) is 12.7. The molecule has 1 amide bonds. The quantitative estimate of drug-likeness (QED) is 0.705. The van der Waals surface area contributed by atoms with Gasteiger partial charge in [-0.25, -0.2) is 0 Å². The van der Waals surface area contributed by atoms with Gasteiger partial charge in [-0.05, 0) is 47.9 Å². The summed E-state index contributed by atoms with van der Waals surface area (Å²) in [5.74, 6) is 0. The Balaban J connectivity index is 1.92. The predicted octanol–water partition coefficient (Wildman–Crippen LogP) is 3.61. The van der Waals surface area contributed by atoms with E-state index < -0.39 is 0 Å². The van der Waals surface area contributed by atoms with E-state index in [1.807, 2.05) is 19.2 Å². The highest BCUT2D eigenvalue weighted by Crippen LogP contribution is 2.35. The number of carbonyl (C=O) groups is 1. The van der Waals surface area contributed by atoms with Crippen molar-refractivity contribution in [1.82, 2.24) is 10.3 Å². The first kappa shape index (κ1) is 15.2. The van der Waals surface area contributed by atoms with Gasteiger partial charge in [-0.2, -0.15) is 0 Å². The molecule has 1 aromatic carbocycles. The van der Waals surface area contributed by atoms with Gasteiger partial charge in [0, 0.05) is 34.3 Å². The lowest BCUT2D eigenvalue weighted by Crippen LogP contribution is -2.10. The number of amides is 1. The second-order valence-corrected chi connectivity index (χ2v) is 6.39.